The van der Waals surface area contributed by atoms with Crippen LogP contribution < -0.4 is 5.32 Å². The lowest BCUT2D eigenvalue weighted by Crippen LogP contribution is -2.38. The molecule has 0 spiro atoms. The van der Waals surface area contributed by atoms with Crippen LogP contribution in [0.3, 0.4) is 0 Å². The van der Waals surface area contributed by atoms with E-state index in [2.05, 4.69) is 26.0 Å². The summed E-state index contributed by atoms with van der Waals surface area (Å²) in [6, 6.07) is -0.431. The number of hydrogen-bond donors (Lipinski definition) is 1. The normalized spacial score (nSPS) is 23.0. The molecular weight excluding hydrogens is 214 g/mol. The molecule has 1 unspecified atom stereocenters. The highest BCUT2D eigenvalue weighted by molar-refractivity contribution is 9.09. The molecule has 1 amide bonds. The quantitative estimate of drug-likeness (QED) is 0.520. The van der Waals surface area contributed by atoms with Crippen molar-refractivity contribution < 1.29 is 14.3 Å². The van der Waals surface area contributed by atoms with Crippen LogP contribution in [-0.4, -0.2) is 29.9 Å². The van der Waals surface area contributed by atoms with Gasteiger partial charge in [0, 0.05) is 6.42 Å². The third-order valence-electron chi connectivity index (χ3n) is 1.39. The second-order valence-corrected chi connectivity index (χ2v) is 2.77. The number of amides is 1. The standard InChI is InChI=1S/C6H8BrNO3/c7-3-5(9)8-4-1-2-11-6(4)10/h4H,1-3H2,(H,8,9). The monoisotopic (exact) mass is 221 g/mol. The Morgan fingerprint density at radius 1 is 1.82 bits per heavy atom. The van der Waals surface area contributed by atoms with Gasteiger partial charge in [0.2, 0.25) is 5.91 Å². The number of esters is 1. The lowest BCUT2D eigenvalue weighted by Gasteiger charge is -2.05. The van der Waals surface area contributed by atoms with Crippen LogP contribution in [0, 0.1) is 0 Å². The first kappa shape index (κ1) is 8.52. The Labute approximate surface area is 72.4 Å². The summed E-state index contributed by atoms with van der Waals surface area (Å²) in [7, 11) is 0. The molecule has 62 valence electrons. The van der Waals surface area contributed by atoms with E-state index in [0.717, 1.165) is 0 Å². The van der Waals surface area contributed by atoms with Crippen molar-refractivity contribution in [1.82, 2.24) is 5.32 Å². The molecule has 1 heterocycles. The van der Waals surface area contributed by atoms with Gasteiger partial charge >= 0.3 is 5.97 Å². The first-order valence-electron chi connectivity index (χ1n) is 3.26. The minimum Gasteiger partial charge on any atom is -0.464 e. The van der Waals surface area contributed by atoms with Gasteiger partial charge in [-0.2, -0.15) is 0 Å². The van der Waals surface area contributed by atoms with E-state index in [1.54, 1.807) is 0 Å². The van der Waals surface area contributed by atoms with Gasteiger partial charge < -0.3 is 10.1 Å². The first-order valence-corrected chi connectivity index (χ1v) is 4.38. The largest absolute Gasteiger partial charge is 0.464 e. The number of alkyl halides is 1. The molecule has 11 heavy (non-hydrogen) atoms. The van der Waals surface area contributed by atoms with E-state index >= 15 is 0 Å². The Bertz CT molecular complexity index is 183. The number of carbonyl (C=O) groups excluding carboxylic acids is 2. The van der Waals surface area contributed by atoms with E-state index in [1.807, 2.05) is 0 Å². The van der Waals surface area contributed by atoms with E-state index in [0.29, 0.717) is 13.0 Å². The van der Waals surface area contributed by atoms with Gasteiger partial charge in [-0.15, -0.1) is 0 Å². The van der Waals surface area contributed by atoms with Crippen molar-refractivity contribution in [2.75, 3.05) is 11.9 Å². The van der Waals surface area contributed by atoms with Crippen molar-refractivity contribution in [1.29, 1.82) is 0 Å². The van der Waals surface area contributed by atoms with Crippen LogP contribution in [-0.2, 0) is 14.3 Å². The molecule has 1 atom stereocenters. The fourth-order valence-electron chi connectivity index (χ4n) is 0.860. The highest BCUT2D eigenvalue weighted by Gasteiger charge is 2.27. The third kappa shape index (κ3) is 2.18. The molecule has 0 bridgehead atoms. The van der Waals surface area contributed by atoms with Gasteiger partial charge in [0.05, 0.1) is 11.9 Å². The Hall–Kier alpha value is -0.580. The molecule has 0 aromatic carbocycles. The average molecular weight is 222 g/mol. The molecular formula is C6H8BrNO3. The number of carbonyl (C=O) groups is 2. The molecule has 0 aliphatic carbocycles. The first-order chi connectivity index (χ1) is 5.24. The molecule has 1 saturated heterocycles. The van der Waals surface area contributed by atoms with Crippen molar-refractivity contribution in [2.45, 2.75) is 12.5 Å². The van der Waals surface area contributed by atoms with Gasteiger partial charge in [0.1, 0.15) is 6.04 Å². The molecule has 0 aromatic heterocycles. The maximum atomic E-state index is 10.8. The summed E-state index contributed by atoms with van der Waals surface area (Å²) in [6.45, 7) is 0.409. The maximum absolute atomic E-state index is 10.8. The summed E-state index contributed by atoms with van der Waals surface area (Å²) in [5.41, 5.74) is 0. The van der Waals surface area contributed by atoms with E-state index < -0.39 is 6.04 Å². The van der Waals surface area contributed by atoms with Crippen molar-refractivity contribution in [2.24, 2.45) is 0 Å². The number of rotatable bonds is 2. The van der Waals surface area contributed by atoms with Crippen LogP contribution in [0.2, 0.25) is 0 Å². The minimum absolute atomic E-state index is 0.186. The van der Waals surface area contributed by atoms with Crippen LogP contribution in [0.4, 0.5) is 0 Å². The van der Waals surface area contributed by atoms with E-state index in [9.17, 15) is 9.59 Å². The highest BCUT2D eigenvalue weighted by Crippen LogP contribution is 2.05. The Kier molecular flexibility index (Phi) is 2.87. The summed E-state index contributed by atoms with van der Waals surface area (Å²) in [5.74, 6) is -0.520. The van der Waals surface area contributed by atoms with Gasteiger partial charge in [-0.25, -0.2) is 4.79 Å². The predicted molar refractivity (Wildman–Crippen MR) is 41.3 cm³/mol. The number of halogens is 1. The maximum Gasteiger partial charge on any atom is 0.328 e. The number of cyclic esters (lactones) is 1. The van der Waals surface area contributed by atoms with Crippen molar-refractivity contribution >= 4 is 27.8 Å². The third-order valence-corrected chi connectivity index (χ3v) is 1.90. The predicted octanol–water partition coefficient (Wildman–Crippen LogP) is -0.187. The van der Waals surface area contributed by atoms with Crippen molar-refractivity contribution in [3.05, 3.63) is 0 Å². The molecule has 1 rings (SSSR count). The fraction of sp³-hybridized carbons (Fsp3) is 0.667. The summed E-state index contributed by atoms with van der Waals surface area (Å²) in [6.07, 6.45) is 0.581. The fourth-order valence-corrected chi connectivity index (χ4v) is 1.02. The van der Waals surface area contributed by atoms with Crippen molar-refractivity contribution in [3.63, 3.8) is 0 Å². The molecule has 0 aromatic rings. The zero-order valence-electron chi connectivity index (χ0n) is 5.80. The Morgan fingerprint density at radius 2 is 2.55 bits per heavy atom. The van der Waals surface area contributed by atoms with Gasteiger partial charge in [-0.05, 0) is 0 Å². The average Bonchev–Trinajstić information content (AvgIpc) is 2.37. The molecule has 1 aliphatic rings. The molecule has 0 radical (unpaired) electrons. The van der Waals surface area contributed by atoms with Gasteiger partial charge in [0.15, 0.2) is 0 Å². The van der Waals surface area contributed by atoms with E-state index in [1.165, 1.54) is 0 Å². The lowest BCUT2D eigenvalue weighted by atomic mass is 10.2. The highest BCUT2D eigenvalue weighted by atomic mass is 79.9. The SMILES string of the molecule is O=C(CBr)NC1CCOC1=O. The van der Waals surface area contributed by atoms with Crippen LogP contribution in [0.15, 0.2) is 0 Å². The smallest absolute Gasteiger partial charge is 0.328 e. The van der Waals surface area contributed by atoms with Crippen LogP contribution in [0.1, 0.15) is 6.42 Å². The second-order valence-electron chi connectivity index (χ2n) is 2.21. The lowest BCUT2D eigenvalue weighted by molar-refractivity contribution is -0.141. The molecule has 5 heteroatoms. The zero-order valence-corrected chi connectivity index (χ0v) is 7.39. The number of ether oxygens (including phenoxy) is 1. The summed E-state index contributed by atoms with van der Waals surface area (Å²) < 4.78 is 4.64. The molecule has 1 N–H and O–H groups in total. The van der Waals surface area contributed by atoms with Crippen LogP contribution in [0.5, 0.6) is 0 Å². The second kappa shape index (κ2) is 3.71. The summed E-state index contributed by atoms with van der Waals surface area (Å²) >= 11 is 2.98. The van der Waals surface area contributed by atoms with E-state index in [4.69, 9.17) is 0 Å². The van der Waals surface area contributed by atoms with E-state index in [-0.39, 0.29) is 17.2 Å². The van der Waals surface area contributed by atoms with Crippen LogP contribution in [0.25, 0.3) is 0 Å². The number of nitrogens with one attached hydrogen (secondary N) is 1. The van der Waals surface area contributed by atoms with Crippen LogP contribution >= 0.6 is 15.9 Å². The number of hydrogen-bond acceptors (Lipinski definition) is 3. The topological polar surface area (TPSA) is 55.4 Å². The van der Waals surface area contributed by atoms with Gasteiger partial charge in [-0.3, -0.25) is 4.79 Å². The van der Waals surface area contributed by atoms with Crippen molar-refractivity contribution in [3.8, 4) is 0 Å². The zero-order chi connectivity index (χ0) is 8.27. The minimum atomic E-state index is -0.431. The molecule has 4 nitrogen and oxygen atoms in total. The molecule has 1 aliphatic heterocycles. The van der Waals surface area contributed by atoms with Gasteiger partial charge in [0.25, 0.3) is 0 Å². The van der Waals surface area contributed by atoms with Gasteiger partial charge in [-0.1, -0.05) is 15.9 Å². The Balaban J connectivity index is 2.36. The molecule has 0 saturated carbocycles. The Morgan fingerprint density at radius 3 is 3.00 bits per heavy atom. The molecule has 1 fully saturated rings. The summed E-state index contributed by atoms with van der Waals surface area (Å²) in [5, 5.41) is 2.74. The summed E-state index contributed by atoms with van der Waals surface area (Å²) in [4.78, 5) is 21.5.